The molecule has 2 aromatic rings. The lowest BCUT2D eigenvalue weighted by Gasteiger charge is -2.16. The van der Waals surface area contributed by atoms with Gasteiger partial charge in [-0.1, -0.05) is 17.7 Å². The number of benzene rings is 1. The van der Waals surface area contributed by atoms with Gasteiger partial charge in [-0.2, -0.15) is 0 Å². The van der Waals surface area contributed by atoms with Crippen LogP contribution >= 0.6 is 11.6 Å². The van der Waals surface area contributed by atoms with Crippen molar-refractivity contribution in [1.82, 2.24) is 14.6 Å². The summed E-state index contributed by atoms with van der Waals surface area (Å²) in [6.45, 7) is 0.215. The van der Waals surface area contributed by atoms with Gasteiger partial charge >= 0.3 is 0 Å². The Kier molecular flexibility index (Phi) is 6.77. The second-order valence-electron chi connectivity index (χ2n) is 7.11. The molecule has 1 aliphatic carbocycles. The quantitative estimate of drug-likeness (QED) is 0.718. The summed E-state index contributed by atoms with van der Waals surface area (Å²) in [5, 5.41) is 2.86. The van der Waals surface area contributed by atoms with E-state index in [0.29, 0.717) is 5.88 Å². The Bertz CT molecular complexity index is 989. The monoisotopic (exact) mass is 437 g/mol. The largest absolute Gasteiger partial charge is 0.474 e. The van der Waals surface area contributed by atoms with Crippen molar-refractivity contribution in [1.29, 1.82) is 0 Å². The zero-order valence-corrected chi connectivity index (χ0v) is 18.0. The molecule has 1 amide bonds. The molecule has 0 atom stereocenters. The number of nitrogens with zero attached hydrogens (tertiary/aromatic N) is 2. The molecule has 9 heteroatoms. The lowest BCUT2D eigenvalue weighted by atomic mass is 10.2. The third-order valence-corrected chi connectivity index (χ3v) is 7.12. The van der Waals surface area contributed by atoms with E-state index < -0.39 is 15.9 Å². The predicted octanol–water partition coefficient (Wildman–Crippen LogP) is 3.24. The SMILES string of the molecule is CN(C)S(=O)(=O)c1cc(C(=O)NCc2cccnc2OC2CCCC2)ccc1Cl. The van der Waals surface area contributed by atoms with Gasteiger partial charge in [0.2, 0.25) is 15.9 Å². The molecule has 156 valence electrons. The molecule has 0 saturated heterocycles. The Morgan fingerprint density at radius 1 is 1.28 bits per heavy atom. The molecular weight excluding hydrogens is 414 g/mol. The highest BCUT2D eigenvalue weighted by molar-refractivity contribution is 7.89. The summed E-state index contributed by atoms with van der Waals surface area (Å²) in [6.07, 6.45) is 6.14. The summed E-state index contributed by atoms with van der Waals surface area (Å²) < 4.78 is 31.8. The number of ether oxygens (including phenoxy) is 1. The molecule has 0 spiro atoms. The van der Waals surface area contributed by atoms with E-state index in [1.807, 2.05) is 6.07 Å². The van der Waals surface area contributed by atoms with Gasteiger partial charge < -0.3 is 10.1 Å². The van der Waals surface area contributed by atoms with Crippen LogP contribution in [0.2, 0.25) is 5.02 Å². The third-order valence-electron chi connectivity index (χ3n) is 4.82. The average molecular weight is 438 g/mol. The number of pyridine rings is 1. The first-order valence-electron chi connectivity index (χ1n) is 9.40. The maximum absolute atomic E-state index is 12.6. The van der Waals surface area contributed by atoms with Gasteiger partial charge in [0.05, 0.1) is 5.02 Å². The highest BCUT2D eigenvalue weighted by Gasteiger charge is 2.23. The molecule has 0 aliphatic heterocycles. The van der Waals surface area contributed by atoms with Crippen molar-refractivity contribution in [2.75, 3.05) is 14.1 Å². The van der Waals surface area contributed by atoms with E-state index in [-0.39, 0.29) is 28.1 Å². The van der Waals surface area contributed by atoms with Crippen LogP contribution in [0.3, 0.4) is 0 Å². The first-order valence-corrected chi connectivity index (χ1v) is 11.2. The van der Waals surface area contributed by atoms with Crippen molar-refractivity contribution in [3.8, 4) is 5.88 Å². The molecule has 1 aromatic carbocycles. The van der Waals surface area contributed by atoms with Gasteiger partial charge in [0.15, 0.2) is 0 Å². The standard InChI is InChI=1S/C20H24ClN3O4S/c1-24(2)29(26,27)18-12-14(9-10-17(18)21)19(25)23-13-15-6-5-11-22-20(15)28-16-7-3-4-8-16/h5-6,9-12,16H,3-4,7-8,13H2,1-2H3,(H,23,25). The van der Waals surface area contributed by atoms with Crippen LogP contribution < -0.4 is 10.1 Å². The summed E-state index contributed by atoms with van der Waals surface area (Å²) in [6, 6.07) is 7.82. The number of aromatic nitrogens is 1. The van der Waals surface area contributed by atoms with Crippen molar-refractivity contribution >= 4 is 27.5 Å². The molecule has 29 heavy (non-hydrogen) atoms. The summed E-state index contributed by atoms with van der Waals surface area (Å²) in [5.41, 5.74) is 0.972. The minimum absolute atomic E-state index is 0.0646. The van der Waals surface area contributed by atoms with Crippen LogP contribution in [0.25, 0.3) is 0 Å². The number of halogens is 1. The number of hydrogen-bond donors (Lipinski definition) is 1. The lowest BCUT2D eigenvalue weighted by molar-refractivity contribution is 0.0950. The van der Waals surface area contributed by atoms with Gasteiger partial charge in [0.1, 0.15) is 11.0 Å². The van der Waals surface area contributed by atoms with Crippen LogP contribution in [0.4, 0.5) is 0 Å². The molecule has 0 unspecified atom stereocenters. The van der Waals surface area contributed by atoms with Crippen LogP contribution in [0.15, 0.2) is 41.4 Å². The average Bonchev–Trinajstić information content (AvgIpc) is 3.20. The Morgan fingerprint density at radius 2 is 2.00 bits per heavy atom. The van der Waals surface area contributed by atoms with Gasteiger partial charge in [0.25, 0.3) is 5.91 Å². The minimum atomic E-state index is -3.76. The molecule has 3 rings (SSSR count). The van der Waals surface area contributed by atoms with Crippen molar-refractivity contribution < 1.29 is 17.9 Å². The predicted molar refractivity (Wildman–Crippen MR) is 111 cm³/mol. The van der Waals surface area contributed by atoms with Crippen LogP contribution in [-0.2, 0) is 16.6 Å². The third kappa shape index (κ3) is 5.07. The summed E-state index contributed by atoms with van der Waals surface area (Å²) >= 11 is 6.04. The topological polar surface area (TPSA) is 88.6 Å². The van der Waals surface area contributed by atoms with E-state index in [1.54, 1.807) is 12.3 Å². The van der Waals surface area contributed by atoms with Gasteiger partial charge in [-0.15, -0.1) is 0 Å². The van der Waals surface area contributed by atoms with Crippen LogP contribution in [0.5, 0.6) is 5.88 Å². The molecule has 0 radical (unpaired) electrons. The molecule has 1 fully saturated rings. The van der Waals surface area contributed by atoms with E-state index >= 15 is 0 Å². The van der Waals surface area contributed by atoms with E-state index in [0.717, 1.165) is 35.6 Å². The summed E-state index contributed by atoms with van der Waals surface area (Å²) in [7, 11) is -0.941. The summed E-state index contributed by atoms with van der Waals surface area (Å²) in [5.74, 6) is 0.110. The van der Waals surface area contributed by atoms with E-state index in [2.05, 4.69) is 10.3 Å². The lowest BCUT2D eigenvalue weighted by Crippen LogP contribution is -2.25. The number of nitrogens with one attached hydrogen (secondary N) is 1. The van der Waals surface area contributed by atoms with E-state index in [9.17, 15) is 13.2 Å². The minimum Gasteiger partial charge on any atom is -0.474 e. The second-order valence-corrected chi connectivity index (χ2v) is 9.63. The zero-order chi connectivity index (χ0) is 21.0. The first-order chi connectivity index (χ1) is 13.8. The highest BCUT2D eigenvalue weighted by Crippen LogP contribution is 2.26. The molecule has 1 aliphatic rings. The van der Waals surface area contributed by atoms with E-state index in [4.69, 9.17) is 16.3 Å². The zero-order valence-electron chi connectivity index (χ0n) is 16.4. The van der Waals surface area contributed by atoms with E-state index in [1.165, 1.54) is 32.3 Å². The van der Waals surface area contributed by atoms with Crippen LogP contribution in [0, 0.1) is 0 Å². The Balaban J connectivity index is 1.73. The Labute approximate surface area is 176 Å². The Hall–Kier alpha value is -2.16. The van der Waals surface area contributed by atoms with Gasteiger partial charge in [0, 0.05) is 38.0 Å². The van der Waals surface area contributed by atoms with Crippen LogP contribution in [0.1, 0.15) is 41.6 Å². The number of carbonyl (C=O) groups excluding carboxylic acids is 1. The van der Waals surface area contributed by atoms with Gasteiger partial charge in [-0.05, 0) is 49.9 Å². The fraction of sp³-hybridized carbons (Fsp3) is 0.400. The molecule has 1 saturated carbocycles. The number of rotatable bonds is 7. The fourth-order valence-electron chi connectivity index (χ4n) is 3.15. The molecule has 0 bridgehead atoms. The van der Waals surface area contributed by atoms with Crippen molar-refractivity contribution in [3.63, 3.8) is 0 Å². The highest BCUT2D eigenvalue weighted by atomic mass is 35.5. The molecular formula is C20H24ClN3O4S. The number of hydrogen-bond acceptors (Lipinski definition) is 5. The molecule has 1 heterocycles. The van der Waals surface area contributed by atoms with Crippen LogP contribution in [-0.4, -0.2) is 43.8 Å². The van der Waals surface area contributed by atoms with Crippen molar-refractivity contribution in [2.45, 2.75) is 43.2 Å². The molecule has 1 N–H and O–H groups in total. The van der Waals surface area contributed by atoms with Crippen molar-refractivity contribution in [2.24, 2.45) is 0 Å². The maximum Gasteiger partial charge on any atom is 0.251 e. The number of sulfonamides is 1. The second kappa shape index (κ2) is 9.11. The smallest absolute Gasteiger partial charge is 0.251 e. The molecule has 7 nitrogen and oxygen atoms in total. The number of amides is 1. The summed E-state index contributed by atoms with van der Waals surface area (Å²) in [4.78, 5) is 16.8. The van der Waals surface area contributed by atoms with Crippen molar-refractivity contribution in [3.05, 3.63) is 52.7 Å². The fourth-order valence-corrected chi connectivity index (χ4v) is 4.54. The molecule has 1 aromatic heterocycles. The Morgan fingerprint density at radius 3 is 2.69 bits per heavy atom. The number of carbonyl (C=O) groups is 1. The van der Waals surface area contributed by atoms with Gasteiger partial charge in [-0.25, -0.2) is 17.7 Å². The normalized spacial score (nSPS) is 14.9. The maximum atomic E-state index is 12.6. The first kappa shape index (κ1) is 21.5. The van der Waals surface area contributed by atoms with Gasteiger partial charge in [-0.3, -0.25) is 4.79 Å².